The van der Waals surface area contributed by atoms with E-state index in [4.69, 9.17) is 5.73 Å². The number of aromatic nitrogens is 2. The van der Waals surface area contributed by atoms with Gasteiger partial charge in [-0.1, -0.05) is 38.1 Å². The summed E-state index contributed by atoms with van der Waals surface area (Å²) in [4.78, 5) is 6.79. The molecule has 21 heavy (non-hydrogen) atoms. The van der Waals surface area contributed by atoms with Gasteiger partial charge in [0.05, 0.1) is 6.54 Å². The molecule has 0 radical (unpaired) electrons. The first kappa shape index (κ1) is 14.3. The lowest BCUT2D eigenvalue weighted by Crippen LogP contribution is -2.38. The first-order valence-electron chi connectivity index (χ1n) is 7.71. The molecule has 2 N–H and O–H groups in total. The molecule has 0 amide bonds. The van der Waals surface area contributed by atoms with Crippen molar-refractivity contribution in [1.29, 1.82) is 0 Å². The maximum absolute atomic E-state index is 6.38. The summed E-state index contributed by atoms with van der Waals surface area (Å²) in [6.45, 7) is 8.25. The average Bonchev–Trinajstić information content (AvgIpc) is 2.95. The van der Waals surface area contributed by atoms with Crippen molar-refractivity contribution in [2.75, 3.05) is 13.1 Å². The molecule has 112 valence electrons. The summed E-state index contributed by atoms with van der Waals surface area (Å²) >= 11 is 0. The average molecular weight is 284 g/mol. The second-order valence-corrected chi connectivity index (χ2v) is 6.20. The van der Waals surface area contributed by atoms with Crippen LogP contribution < -0.4 is 5.73 Å². The molecule has 0 saturated heterocycles. The van der Waals surface area contributed by atoms with Crippen molar-refractivity contribution in [3.05, 3.63) is 53.6 Å². The highest BCUT2D eigenvalue weighted by molar-refractivity contribution is 5.26. The Balaban J connectivity index is 1.62. The van der Waals surface area contributed by atoms with Gasteiger partial charge in [0.2, 0.25) is 0 Å². The van der Waals surface area contributed by atoms with Crippen LogP contribution in [0.1, 0.15) is 42.8 Å². The molecular weight excluding hydrogens is 260 g/mol. The Morgan fingerprint density at radius 3 is 2.57 bits per heavy atom. The van der Waals surface area contributed by atoms with Crippen LogP contribution in [0.15, 0.2) is 36.7 Å². The molecule has 2 aromatic rings. The molecule has 1 unspecified atom stereocenters. The lowest BCUT2D eigenvalue weighted by molar-refractivity contribution is 0.205. The third kappa shape index (κ3) is 3.17. The van der Waals surface area contributed by atoms with Crippen LogP contribution in [0.3, 0.4) is 0 Å². The molecule has 1 aromatic carbocycles. The van der Waals surface area contributed by atoms with Crippen molar-refractivity contribution in [3.63, 3.8) is 0 Å². The number of hydrogen-bond donors (Lipinski definition) is 1. The molecule has 0 spiro atoms. The van der Waals surface area contributed by atoms with Crippen LogP contribution in [-0.4, -0.2) is 27.5 Å². The van der Waals surface area contributed by atoms with Crippen molar-refractivity contribution in [1.82, 2.24) is 14.5 Å². The fraction of sp³-hybridized carbons (Fsp3) is 0.471. The number of fused-ring (bicyclic) bond motifs is 1. The molecule has 0 aliphatic carbocycles. The van der Waals surface area contributed by atoms with E-state index in [0.717, 1.165) is 32.0 Å². The van der Waals surface area contributed by atoms with E-state index >= 15 is 0 Å². The van der Waals surface area contributed by atoms with Crippen LogP contribution in [0.25, 0.3) is 0 Å². The zero-order chi connectivity index (χ0) is 14.8. The van der Waals surface area contributed by atoms with E-state index in [0.29, 0.717) is 5.92 Å². The number of rotatable bonds is 4. The Hall–Kier alpha value is -1.65. The van der Waals surface area contributed by atoms with Gasteiger partial charge in [-0.25, -0.2) is 4.98 Å². The number of nitrogens with zero attached hydrogens (tertiary/aromatic N) is 3. The zero-order valence-corrected chi connectivity index (χ0v) is 12.9. The van der Waals surface area contributed by atoms with Gasteiger partial charge in [0.1, 0.15) is 5.82 Å². The summed E-state index contributed by atoms with van der Waals surface area (Å²) in [6, 6.07) is 8.80. The number of nitrogens with two attached hydrogens (primary N) is 1. The van der Waals surface area contributed by atoms with Crippen LogP contribution >= 0.6 is 0 Å². The molecule has 0 saturated carbocycles. The Morgan fingerprint density at radius 1 is 1.14 bits per heavy atom. The van der Waals surface area contributed by atoms with Gasteiger partial charge in [0, 0.05) is 38.1 Å². The van der Waals surface area contributed by atoms with Gasteiger partial charge in [-0.05, 0) is 17.0 Å². The third-order valence-corrected chi connectivity index (χ3v) is 4.31. The van der Waals surface area contributed by atoms with E-state index in [9.17, 15) is 0 Å². The van der Waals surface area contributed by atoms with Crippen molar-refractivity contribution >= 4 is 0 Å². The minimum Gasteiger partial charge on any atom is -0.333 e. The monoisotopic (exact) mass is 284 g/mol. The molecule has 1 aliphatic rings. The van der Waals surface area contributed by atoms with Crippen LogP contribution in [0, 0.1) is 0 Å². The molecule has 4 nitrogen and oxygen atoms in total. The van der Waals surface area contributed by atoms with Gasteiger partial charge in [-0.3, -0.25) is 4.90 Å². The number of hydrogen-bond acceptors (Lipinski definition) is 3. The minimum absolute atomic E-state index is 0.0627. The normalized spacial score (nSPS) is 17.0. The molecule has 1 atom stereocenters. The topological polar surface area (TPSA) is 47.1 Å². The summed E-state index contributed by atoms with van der Waals surface area (Å²) in [5.41, 5.74) is 8.96. The molecule has 4 heteroatoms. The first-order valence-corrected chi connectivity index (χ1v) is 7.71. The third-order valence-electron chi connectivity index (χ3n) is 4.31. The van der Waals surface area contributed by atoms with Gasteiger partial charge in [0.15, 0.2) is 0 Å². The maximum Gasteiger partial charge on any atom is 0.122 e. The van der Waals surface area contributed by atoms with Crippen molar-refractivity contribution in [2.24, 2.45) is 5.73 Å². The fourth-order valence-corrected chi connectivity index (χ4v) is 2.89. The van der Waals surface area contributed by atoms with Crippen molar-refractivity contribution < 1.29 is 0 Å². The summed E-state index contributed by atoms with van der Waals surface area (Å²) < 4.78 is 2.22. The smallest absolute Gasteiger partial charge is 0.122 e. The van der Waals surface area contributed by atoms with Gasteiger partial charge in [0.25, 0.3) is 0 Å². The van der Waals surface area contributed by atoms with E-state index < -0.39 is 0 Å². The Labute approximate surface area is 126 Å². The van der Waals surface area contributed by atoms with Crippen LogP contribution in [0.2, 0.25) is 0 Å². The van der Waals surface area contributed by atoms with E-state index in [-0.39, 0.29) is 6.04 Å². The number of imidazole rings is 1. The predicted octanol–water partition coefficient (Wildman–Crippen LogP) is 2.52. The van der Waals surface area contributed by atoms with Gasteiger partial charge in [-0.2, -0.15) is 0 Å². The van der Waals surface area contributed by atoms with E-state index in [1.807, 2.05) is 6.20 Å². The first-order chi connectivity index (χ1) is 10.1. The maximum atomic E-state index is 6.38. The Kier molecular flexibility index (Phi) is 4.08. The fourth-order valence-electron chi connectivity index (χ4n) is 2.89. The largest absolute Gasteiger partial charge is 0.333 e. The molecule has 2 heterocycles. The number of benzene rings is 1. The SMILES string of the molecule is CC(C)c1ccc(C(N)CN2CCn3ccnc3C2)cc1. The quantitative estimate of drug-likeness (QED) is 0.938. The highest BCUT2D eigenvalue weighted by Crippen LogP contribution is 2.19. The van der Waals surface area contributed by atoms with E-state index in [2.05, 4.69) is 58.8 Å². The second-order valence-electron chi connectivity index (χ2n) is 6.20. The van der Waals surface area contributed by atoms with Crippen LogP contribution in [0.5, 0.6) is 0 Å². The molecular formula is C17H24N4. The van der Waals surface area contributed by atoms with Gasteiger partial charge >= 0.3 is 0 Å². The highest BCUT2D eigenvalue weighted by atomic mass is 15.2. The van der Waals surface area contributed by atoms with Crippen LogP contribution in [0.4, 0.5) is 0 Å². The zero-order valence-electron chi connectivity index (χ0n) is 12.9. The summed E-state index contributed by atoms with van der Waals surface area (Å²) in [6.07, 6.45) is 3.93. The van der Waals surface area contributed by atoms with Crippen molar-refractivity contribution in [3.8, 4) is 0 Å². The lowest BCUT2D eigenvalue weighted by Gasteiger charge is -2.29. The summed E-state index contributed by atoms with van der Waals surface area (Å²) in [5.74, 6) is 1.71. The highest BCUT2D eigenvalue weighted by Gasteiger charge is 2.19. The minimum atomic E-state index is 0.0627. The molecule has 3 rings (SSSR count). The standard InChI is InChI=1S/C17H24N4/c1-13(2)14-3-5-15(6-4-14)16(18)11-20-9-10-21-8-7-19-17(21)12-20/h3-8,13,16H,9-12,18H2,1-2H3. The van der Waals surface area contributed by atoms with Gasteiger partial charge in [-0.15, -0.1) is 0 Å². The summed E-state index contributed by atoms with van der Waals surface area (Å²) in [5, 5.41) is 0. The molecule has 0 fully saturated rings. The Bertz CT molecular complexity index is 585. The second kappa shape index (κ2) is 6.00. The van der Waals surface area contributed by atoms with E-state index in [1.165, 1.54) is 11.1 Å². The molecule has 0 bridgehead atoms. The van der Waals surface area contributed by atoms with Crippen molar-refractivity contribution in [2.45, 2.75) is 38.9 Å². The molecule has 1 aromatic heterocycles. The Morgan fingerprint density at radius 2 is 1.86 bits per heavy atom. The molecule has 1 aliphatic heterocycles. The van der Waals surface area contributed by atoms with E-state index in [1.54, 1.807) is 0 Å². The van der Waals surface area contributed by atoms with Crippen LogP contribution in [-0.2, 0) is 13.1 Å². The van der Waals surface area contributed by atoms with Gasteiger partial charge < -0.3 is 10.3 Å². The predicted molar refractivity (Wildman–Crippen MR) is 85.0 cm³/mol. The summed E-state index contributed by atoms with van der Waals surface area (Å²) in [7, 11) is 0. The lowest BCUT2D eigenvalue weighted by atomic mass is 9.99.